The summed E-state index contributed by atoms with van der Waals surface area (Å²) in [6.07, 6.45) is 2.00. The Morgan fingerprint density at radius 1 is 1.30 bits per heavy atom. The monoisotopic (exact) mass is 299 g/mol. The van der Waals surface area contributed by atoms with E-state index < -0.39 is 0 Å². The molecule has 0 aliphatic carbocycles. The molecular formula is C14H22ClN3O2. The van der Waals surface area contributed by atoms with Crippen molar-refractivity contribution in [2.24, 2.45) is 0 Å². The number of ether oxygens (including phenoxy) is 1. The Labute approximate surface area is 125 Å². The Morgan fingerprint density at radius 2 is 1.95 bits per heavy atom. The van der Waals surface area contributed by atoms with Crippen molar-refractivity contribution in [3.63, 3.8) is 0 Å². The van der Waals surface area contributed by atoms with Crippen LogP contribution in [0.3, 0.4) is 0 Å². The third-order valence-corrected chi connectivity index (χ3v) is 3.44. The number of rotatable bonds is 3. The van der Waals surface area contributed by atoms with E-state index in [1.165, 1.54) is 0 Å². The number of hydrogen-bond donors (Lipinski definition) is 1. The highest BCUT2D eigenvalue weighted by atomic mass is 35.5. The van der Waals surface area contributed by atoms with Crippen LogP contribution >= 0.6 is 12.4 Å². The molecule has 0 saturated carbocycles. The summed E-state index contributed by atoms with van der Waals surface area (Å²) in [6.45, 7) is 7.84. The fourth-order valence-corrected chi connectivity index (χ4v) is 2.59. The molecule has 20 heavy (non-hydrogen) atoms. The second-order valence-corrected chi connectivity index (χ2v) is 4.86. The molecular weight excluding hydrogens is 278 g/mol. The van der Waals surface area contributed by atoms with Crippen LogP contribution in [-0.4, -0.2) is 35.6 Å². The van der Waals surface area contributed by atoms with Crippen molar-refractivity contribution in [2.75, 3.05) is 19.7 Å². The van der Waals surface area contributed by atoms with Gasteiger partial charge in [0, 0.05) is 5.92 Å². The van der Waals surface area contributed by atoms with Crippen LogP contribution in [0, 0.1) is 13.8 Å². The maximum absolute atomic E-state index is 12.1. The summed E-state index contributed by atoms with van der Waals surface area (Å²) in [5.74, 6) is 0.744. The molecule has 0 unspecified atom stereocenters. The van der Waals surface area contributed by atoms with Crippen LogP contribution in [0.1, 0.15) is 53.3 Å². The fourth-order valence-electron chi connectivity index (χ4n) is 2.59. The summed E-state index contributed by atoms with van der Waals surface area (Å²) < 4.78 is 5.15. The lowest BCUT2D eigenvalue weighted by molar-refractivity contribution is 0.0522. The molecule has 0 aromatic carbocycles. The highest BCUT2D eigenvalue weighted by Gasteiger charge is 2.26. The molecule has 0 bridgehead atoms. The molecule has 1 N–H and O–H groups in total. The number of aryl methyl sites for hydroxylation is 2. The fraction of sp³-hybridized carbons (Fsp3) is 0.643. The lowest BCUT2D eigenvalue weighted by atomic mass is 9.90. The van der Waals surface area contributed by atoms with E-state index in [1.807, 2.05) is 20.8 Å². The van der Waals surface area contributed by atoms with Gasteiger partial charge in [-0.3, -0.25) is 0 Å². The zero-order chi connectivity index (χ0) is 13.8. The molecule has 1 aromatic heterocycles. The van der Waals surface area contributed by atoms with Crippen LogP contribution in [0.4, 0.5) is 0 Å². The minimum absolute atomic E-state index is 0. The van der Waals surface area contributed by atoms with E-state index in [9.17, 15) is 4.79 Å². The van der Waals surface area contributed by atoms with Gasteiger partial charge in [-0.15, -0.1) is 12.4 Å². The summed E-state index contributed by atoms with van der Waals surface area (Å²) in [5, 5.41) is 3.33. The van der Waals surface area contributed by atoms with Gasteiger partial charge in [-0.2, -0.15) is 0 Å². The third-order valence-electron chi connectivity index (χ3n) is 3.44. The molecule has 0 radical (unpaired) electrons. The highest BCUT2D eigenvalue weighted by Crippen LogP contribution is 2.28. The maximum Gasteiger partial charge on any atom is 0.341 e. The summed E-state index contributed by atoms with van der Waals surface area (Å²) in [5.41, 5.74) is 2.16. The van der Waals surface area contributed by atoms with Crippen LogP contribution in [0.5, 0.6) is 0 Å². The number of piperidine rings is 1. The topological polar surface area (TPSA) is 64.1 Å². The van der Waals surface area contributed by atoms with Crippen LogP contribution in [0.2, 0.25) is 0 Å². The largest absolute Gasteiger partial charge is 0.462 e. The molecule has 5 nitrogen and oxygen atoms in total. The molecule has 0 amide bonds. The summed E-state index contributed by atoms with van der Waals surface area (Å²) in [7, 11) is 0. The molecule has 2 heterocycles. The second-order valence-electron chi connectivity index (χ2n) is 4.86. The van der Waals surface area contributed by atoms with Gasteiger partial charge in [0.05, 0.1) is 18.0 Å². The first-order valence-electron chi connectivity index (χ1n) is 6.86. The van der Waals surface area contributed by atoms with Crippen molar-refractivity contribution in [1.29, 1.82) is 0 Å². The summed E-state index contributed by atoms with van der Waals surface area (Å²) in [4.78, 5) is 20.9. The van der Waals surface area contributed by atoms with Crippen molar-refractivity contribution >= 4 is 18.4 Å². The van der Waals surface area contributed by atoms with Crippen LogP contribution in [-0.2, 0) is 4.74 Å². The lowest BCUT2D eigenvalue weighted by Gasteiger charge is -2.24. The van der Waals surface area contributed by atoms with Crippen molar-refractivity contribution in [3.8, 4) is 0 Å². The van der Waals surface area contributed by atoms with E-state index in [0.29, 0.717) is 18.1 Å². The van der Waals surface area contributed by atoms with Gasteiger partial charge in [0.25, 0.3) is 0 Å². The first-order valence-corrected chi connectivity index (χ1v) is 6.86. The molecule has 2 rings (SSSR count). The van der Waals surface area contributed by atoms with E-state index in [1.54, 1.807) is 0 Å². The molecule has 0 spiro atoms. The van der Waals surface area contributed by atoms with Gasteiger partial charge in [0.2, 0.25) is 0 Å². The molecule has 1 saturated heterocycles. The number of hydrogen-bond acceptors (Lipinski definition) is 5. The van der Waals surface area contributed by atoms with E-state index in [2.05, 4.69) is 15.3 Å². The van der Waals surface area contributed by atoms with Gasteiger partial charge >= 0.3 is 5.97 Å². The van der Waals surface area contributed by atoms with E-state index >= 15 is 0 Å². The molecule has 0 atom stereocenters. The predicted octanol–water partition coefficient (Wildman–Crippen LogP) is 2.16. The molecule has 1 fully saturated rings. The number of nitrogens with zero attached hydrogens (tertiary/aromatic N) is 2. The zero-order valence-electron chi connectivity index (χ0n) is 12.2. The van der Waals surface area contributed by atoms with Gasteiger partial charge in [-0.1, -0.05) is 0 Å². The Hall–Kier alpha value is -1.20. The number of aromatic nitrogens is 2. The van der Waals surface area contributed by atoms with Crippen LogP contribution in [0.25, 0.3) is 0 Å². The number of esters is 1. The van der Waals surface area contributed by atoms with Gasteiger partial charge in [-0.05, 0) is 46.7 Å². The Bertz CT molecular complexity index is 474. The SMILES string of the molecule is CCOC(=O)c1c(C)nc(C)nc1C1CCNCC1.Cl. The standard InChI is InChI=1S/C14H21N3O2.ClH/c1-4-19-14(18)12-9(2)16-10(3)17-13(12)11-5-7-15-8-6-11;/h11,15H,4-8H2,1-3H3;1H. The first kappa shape index (κ1) is 16.9. The number of carbonyl (C=O) groups is 1. The summed E-state index contributed by atoms with van der Waals surface area (Å²) >= 11 is 0. The van der Waals surface area contributed by atoms with Crippen LogP contribution in [0.15, 0.2) is 0 Å². The Morgan fingerprint density at radius 3 is 2.55 bits per heavy atom. The lowest BCUT2D eigenvalue weighted by Crippen LogP contribution is -2.29. The second kappa shape index (κ2) is 7.55. The van der Waals surface area contributed by atoms with Crippen molar-refractivity contribution in [2.45, 2.75) is 39.5 Å². The quantitative estimate of drug-likeness (QED) is 0.867. The van der Waals surface area contributed by atoms with E-state index in [0.717, 1.165) is 43.1 Å². The molecule has 112 valence electrons. The Kier molecular flexibility index (Phi) is 6.36. The smallest absolute Gasteiger partial charge is 0.341 e. The normalized spacial score (nSPS) is 15.6. The molecule has 1 aliphatic rings. The average molecular weight is 300 g/mol. The van der Waals surface area contributed by atoms with Crippen LogP contribution < -0.4 is 5.32 Å². The Balaban J connectivity index is 0.00000200. The first-order chi connectivity index (χ1) is 9.13. The van der Waals surface area contributed by atoms with Gasteiger partial charge in [-0.25, -0.2) is 14.8 Å². The third kappa shape index (κ3) is 3.67. The van der Waals surface area contributed by atoms with Crippen molar-refractivity contribution in [1.82, 2.24) is 15.3 Å². The number of halogens is 1. The zero-order valence-corrected chi connectivity index (χ0v) is 13.0. The highest BCUT2D eigenvalue weighted by molar-refractivity contribution is 5.92. The number of nitrogens with one attached hydrogen (secondary N) is 1. The van der Waals surface area contributed by atoms with E-state index in [4.69, 9.17) is 4.74 Å². The molecule has 6 heteroatoms. The van der Waals surface area contributed by atoms with Gasteiger partial charge < -0.3 is 10.1 Å². The maximum atomic E-state index is 12.1. The van der Waals surface area contributed by atoms with E-state index in [-0.39, 0.29) is 18.4 Å². The predicted molar refractivity (Wildman–Crippen MR) is 79.6 cm³/mol. The van der Waals surface area contributed by atoms with Gasteiger partial charge in [0.1, 0.15) is 11.4 Å². The minimum atomic E-state index is -0.298. The van der Waals surface area contributed by atoms with Crippen molar-refractivity contribution in [3.05, 3.63) is 22.8 Å². The summed E-state index contributed by atoms with van der Waals surface area (Å²) in [6, 6.07) is 0. The number of carbonyl (C=O) groups excluding carboxylic acids is 1. The van der Waals surface area contributed by atoms with Crippen molar-refractivity contribution < 1.29 is 9.53 Å². The molecule has 1 aromatic rings. The minimum Gasteiger partial charge on any atom is -0.462 e. The van der Waals surface area contributed by atoms with Gasteiger partial charge in [0.15, 0.2) is 0 Å². The average Bonchev–Trinajstić information content (AvgIpc) is 2.39. The molecule has 1 aliphatic heterocycles.